The maximum atomic E-state index is 12.8. The molecular weight excluding hydrogens is 378 g/mol. The number of nitrogens with one attached hydrogen (secondary N) is 1. The molecule has 0 bridgehead atoms. The van der Waals surface area contributed by atoms with E-state index < -0.39 is 17.9 Å². The average Bonchev–Trinajstić information content (AvgIpc) is 3.23. The second-order valence-electron chi connectivity index (χ2n) is 5.92. The van der Waals surface area contributed by atoms with E-state index in [1.807, 2.05) is 30.3 Å². The zero-order chi connectivity index (χ0) is 19.9. The van der Waals surface area contributed by atoms with E-state index in [2.05, 4.69) is 14.9 Å². The molecule has 0 spiro atoms. The Hall–Kier alpha value is -3.26. The molecule has 1 heterocycles. The number of methoxy groups -OCH3 is 2. The molecule has 1 amide bonds. The van der Waals surface area contributed by atoms with Crippen LogP contribution in [0.15, 0.2) is 54.6 Å². The minimum atomic E-state index is -0.814. The van der Waals surface area contributed by atoms with Crippen molar-refractivity contribution in [1.29, 1.82) is 0 Å². The second-order valence-corrected chi connectivity index (χ2v) is 6.67. The van der Waals surface area contributed by atoms with Crippen LogP contribution in [0.3, 0.4) is 0 Å². The third-order valence-electron chi connectivity index (χ3n) is 4.13. The van der Waals surface area contributed by atoms with Crippen molar-refractivity contribution in [2.45, 2.75) is 12.5 Å². The van der Waals surface area contributed by atoms with Gasteiger partial charge >= 0.3 is 5.97 Å². The van der Waals surface area contributed by atoms with Gasteiger partial charge in [0, 0.05) is 12.0 Å². The maximum absolute atomic E-state index is 12.8. The average molecular weight is 397 g/mol. The van der Waals surface area contributed by atoms with E-state index in [4.69, 9.17) is 9.47 Å². The molecule has 0 saturated heterocycles. The molecule has 3 rings (SSSR count). The molecular formula is C20H19N3O4S. The summed E-state index contributed by atoms with van der Waals surface area (Å²) in [5.41, 5.74) is 2.10. The molecule has 144 valence electrons. The first-order valence-corrected chi connectivity index (χ1v) is 9.29. The van der Waals surface area contributed by atoms with Crippen LogP contribution >= 0.6 is 11.5 Å². The van der Waals surface area contributed by atoms with Crippen LogP contribution in [0, 0.1) is 0 Å². The van der Waals surface area contributed by atoms with Crippen molar-refractivity contribution < 1.29 is 19.1 Å². The molecule has 0 aliphatic rings. The van der Waals surface area contributed by atoms with E-state index in [1.165, 1.54) is 7.11 Å². The molecule has 28 heavy (non-hydrogen) atoms. The van der Waals surface area contributed by atoms with E-state index in [0.29, 0.717) is 22.7 Å². The number of amides is 1. The summed E-state index contributed by atoms with van der Waals surface area (Å²) in [6.07, 6.45) is 0.323. The quantitative estimate of drug-likeness (QED) is 0.617. The summed E-state index contributed by atoms with van der Waals surface area (Å²) in [5.74, 6) is -0.237. The van der Waals surface area contributed by atoms with E-state index in [-0.39, 0.29) is 0 Å². The van der Waals surface area contributed by atoms with Gasteiger partial charge in [-0.2, -0.15) is 0 Å². The normalized spacial score (nSPS) is 11.5. The predicted octanol–water partition coefficient (Wildman–Crippen LogP) is 2.73. The van der Waals surface area contributed by atoms with Gasteiger partial charge in [-0.25, -0.2) is 4.79 Å². The van der Waals surface area contributed by atoms with Crippen LogP contribution in [0.25, 0.3) is 11.3 Å². The lowest BCUT2D eigenvalue weighted by Crippen LogP contribution is -2.43. The van der Waals surface area contributed by atoms with Crippen molar-refractivity contribution in [1.82, 2.24) is 14.9 Å². The fraction of sp³-hybridized carbons (Fsp3) is 0.200. The van der Waals surface area contributed by atoms with Crippen molar-refractivity contribution in [2.75, 3.05) is 14.2 Å². The Morgan fingerprint density at radius 3 is 2.43 bits per heavy atom. The zero-order valence-electron chi connectivity index (χ0n) is 15.4. The number of esters is 1. The van der Waals surface area contributed by atoms with Crippen LogP contribution in [-0.2, 0) is 16.0 Å². The molecule has 0 saturated carbocycles. The molecule has 0 aliphatic heterocycles. The first-order chi connectivity index (χ1) is 13.6. The minimum Gasteiger partial charge on any atom is -0.497 e. The highest BCUT2D eigenvalue weighted by atomic mass is 32.1. The van der Waals surface area contributed by atoms with Gasteiger partial charge in [-0.05, 0) is 41.4 Å². The van der Waals surface area contributed by atoms with Gasteiger partial charge in [0.05, 0.1) is 14.2 Å². The van der Waals surface area contributed by atoms with Gasteiger partial charge < -0.3 is 14.8 Å². The van der Waals surface area contributed by atoms with Crippen molar-refractivity contribution in [3.05, 3.63) is 65.0 Å². The van der Waals surface area contributed by atoms with Crippen molar-refractivity contribution in [3.8, 4) is 17.0 Å². The predicted molar refractivity (Wildman–Crippen MR) is 105 cm³/mol. The lowest BCUT2D eigenvalue weighted by atomic mass is 10.1. The highest BCUT2D eigenvalue weighted by Crippen LogP contribution is 2.26. The van der Waals surface area contributed by atoms with E-state index in [9.17, 15) is 9.59 Å². The van der Waals surface area contributed by atoms with Gasteiger partial charge in [-0.1, -0.05) is 34.8 Å². The molecule has 0 unspecified atom stereocenters. The number of hydrogen-bond acceptors (Lipinski definition) is 7. The Bertz CT molecular complexity index is 942. The number of rotatable bonds is 7. The largest absolute Gasteiger partial charge is 0.497 e. The summed E-state index contributed by atoms with van der Waals surface area (Å²) in [7, 11) is 2.88. The molecule has 0 fully saturated rings. The Morgan fingerprint density at radius 2 is 1.79 bits per heavy atom. The van der Waals surface area contributed by atoms with Gasteiger partial charge in [0.25, 0.3) is 5.91 Å². The zero-order valence-corrected chi connectivity index (χ0v) is 16.2. The SMILES string of the molecule is COC(=O)[C@@H](Cc1ccccc1)NC(=O)c1snnc1-c1ccc(OC)cc1. The number of nitrogens with zero attached hydrogens (tertiary/aromatic N) is 2. The van der Waals surface area contributed by atoms with Gasteiger partial charge in [-0.15, -0.1) is 5.10 Å². The summed E-state index contributed by atoms with van der Waals surface area (Å²) in [4.78, 5) is 25.3. The first-order valence-electron chi connectivity index (χ1n) is 8.51. The Morgan fingerprint density at radius 1 is 1.07 bits per heavy atom. The van der Waals surface area contributed by atoms with Crippen LogP contribution in [0.1, 0.15) is 15.2 Å². The van der Waals surface area contributed by atoms with Crippen LogP contribution in [0.2, 0.25) is 0 Å². The van der Waals surface area contributed by atoms with E-state index in [1.54, 1.807) is 31.4 Å². The monoisotopic (exact) mass is 397 g/mol. The van der Waals surface area contributed by atoms with Crippen LogP contribution in [-0.4, -0.2) is 41.7 Å². The fourth-order valence-electron chi connectivity index (χ4n) is 2.69. The third kappa shape index (κ3) is 4.52. The second kappa shape index (κ2) is 9.09. The smallest absolute Gasteiger partial charge is 0.328 e. The van der Waals surface area contributed by atoms with Gasteiger partial charge in [-0.3, -0.25) is 4.79 Å². The number of ether oxygens (including phenoxy) is 2. The molecule has 1 atom stereocenters. The standard InChI is InChI=1S/C20H19N3O4S/c1-26-15-10-8-14(9-11-15)17-18(28-23-22-17)19(24)21-16(20(25)27-2)12-13-6-4-3-5-7-13/h3-11,16H,12H2,1-2H3,(H,21,24)/t16-/m1/s1. The summed E-state index contributed by atoms with van der Waals surface area (Å²) in [6, 6.07) is 15.8. The molecule has 7 nitrogen and oxygen atoms in total. The Balaban J connectivity index is 1.80. The number of carbonyl (C=O) groups is 2. The molecule has 1 aromatic heterocycles. The molecule has 3 aromatic rings. The van der Waals surface area contributed by atoms with Crippen LogP contribution < -0.4 is 10.1 Å². The summed E-state index contributed by atoms with van der Waals surface area (Å²) in [6.45, 7) is 0. The van der Waals surface area contributed by atoms with Crippen LogP contribution in [0.4, 0.5) is 0 Å². The topological polar surface area (TPSA) is 90.4 Å². The van der Waals surface area contributed by atoms with Gasteiger partial charge in [0.15, 0.2) is 0 Å². The first kappa shape index (κ1) is 19.5. The van der Waals surface area contributed by atoms with E-state index >= 15 is 0 Å². The number of aromatic nitrogens is 2. The molecule has 0 radical (unpaired) electrons. The maximum Gasteiger partial charge on any atom is 0.328 e. The summed E-state index contributed by atoms with van der Waals surface area (Å²) in [5, 5.41) is 6.81. The van der Waals surface area contributed by atoms with Crippen LogP contribution in [0.5, 0.6) is 5.75 Å². The molecule has 2 aromatic carbocycles. The lowest BCUT2D eigenvalue weighted by Gasteiger charge is -2.16. The third-order valence-corrected chi connectivity index (χ3v) is 4.86. The number of carbonyl (C=O) groups excluding carboxylic acids is 2. The van der Waals surface area contributed by atoms with Crippen molar-refractivity contribution in [2.24, 2.45) is 0 Å². The number of hydrogen-bond donors (Lipinski definition) is 1. The summed E-state index contributed by atoms with van der Waals surface area (Å²) >= 11 is 0.974. The number of benzene rings is 2. The van der Waals surface area contributed by atoms with Gasteiger partial charge in [0.1, 0.15) is 22.4 Å². The fourth-order valence-corrected chi connectivity index (χ4v) is 3.28. The van der Waals surface area contributed by atoms with Gasteiger partial charge in [0.2, 0.25) is 0 Å². The Kier molecular flexibility index (Phi) is 6.33. The Labute approximate surface area is 166 Å². The van der Waals surface area contributed by atoms with E-state index in [0.717, 1.165) is 22.7 Å². The lowest BCUT2D eigenvalue weighted by molar-refractivity contribution is -0.142. The van der Waals surface area contributed by atoms with Crippen molar-refractivity contribution in [3.63, 3.8) is 0 Å². The molecule has 8 heteroatoms. The molecule has 1 N–H and O–H groups in total. The highest BCUT2D eigenvalue weighted by Gasteiger charge is 2.26. The molecule has 0 aliphatic carbocycles. The highest BCUT2D eigenvalue weighted by molar-refractivity contribution is 7.08. The van der Waals surface area contributed by atoms with Crippen molar-refractivity contribution >= 4 is 23.4 Å². The minimum absolute atomic E-state index is 0.323. The summed E-state index contributed by atoms with van der Waals surface area (Å²) < 4.78 is 13.9.